The SMILES string of the molecule is N#Cc1ccc(NCCC(N)c2ccccc2)nc1. The molecule has 0 aliphatic heterocycles. The molecule has 0 saturated heterocycles. The van der Waals surface area contributed by atoms with E-state index in [1.807, 2.05) is 36.4 Å². The predicted octanol–water partition coefficient (Wildman–Crippen LogP) is 2.46. The molecule has 3 N–H and O–H groups in total. The number of benzene rings is 1. The Bertz CT molecular complexity index is 543. The van der Waals surface area contributed by atoms with Crippen LogP contribution in [0.1, 0.15) is 23.6 Å². The largest absolute Gasteiger partial charge is 0.370 e. The van der Waals surface area contributed by atoms with Crippen LogP contribution in [0.15, 0.2) is 48.7 Å². The van der Waals surface area contributed by atoms with Gasteiger partial charge in [0.1, 0.15) is 11.9 Å². The van der Waals surface area contributed by atoms with E-state index in [9.17, 15) is 0 Å². The molecule has 1 unspecified atom stereocenters. The van der Waals surface area contributed by atoms with Crippen molar-refractivity contribution in [3.63, 3.8) is 0 Å². The van der Waals surface area contributed by atoms with Crippen molar-refractivity contribution < 1.29 is 0 Å². The molecule has 0 amide bonds. The molecule has 0 radical (unpaired) electrons. The lowest BCUT2D eigenvalue weighted by atomic mass is 10.1. The van der Waals surface area contributed by atoms with E-state index >= 15 is 0 Å². The van der Waals surface area contributed by atoms with Crippen LogP contribution in [0.4, 0.5) is 5.82 Å². The fourth-order valence-electron chi connectivity index (χ4n) is 1.79. The number of nitrogens with two attached hydrogens (primary N) is 1. The molecule has 0 bridgehead atoms. The molecule has 0 aliphatic rings. The topological polar surface area (TPSA) is 74.7 Å². The van der Waals surface area contributed by atoms with Crippen LogP contribution < -0.4 is 11.1 Å². The third-order valence-corrected chi connectivity index (χ3v) is 2.88. The third-order valence-electron chi connectivity index (χ3n) is 2.88. The summed E-state index contributed by atoms with van der Waals surface area (Å²) in [7, 11) is 0. The van der Waals surface area contributed by atoms with Gasteiger partial charge in [-0.1, -0.05) is 30.3 Å². The van der Waals surface area contributed by atoms with Gasteiger partial charge in [0.05, 0.1) is 5.56 Å². The number of hydrogen-bond acceptors (Lipinski definition) is 4. The van der Waals surface area contributed by atoms with E-state index in [1.54, 1.807) is 18.3 Å². The molecule has 96 valence electrons. The molecule has 0 saturated carbocycles. The van der Waals surface area contributed by atoms with E-state index in [0.717, 1.165) is 24.3 Å². The Labute approximate surface area is 112 Å². The van der Waals surface area contributed by atoms with Gasteiger partial charge in [0.15, 0.2) is 0 Å². The normalized spacial score (nSPS) is 11.6. The molecule has 0 fully saturated rings. The Morgan fingerprint density at radius 1 is 1.21 bits per heavy atom. The highest BCUT2D eigenvalue weighted by Crippen LogP contribution is 2.13. The van der Waals surface area contributed by atoms with Gasteiger partial charge in [0.25, 0.3) is 0 Å². The summed E-state index contributed by atoms with van der Waals surface area (Å²) < 4.78 is 0. The van der Waals surface area contributed by atoms with Gasteiger partial charge in [-0.05, 0) is 24.1 Å². The van der Waals surface area contributed by atoms with Crippen LogP contribution in [0.2, 0.25) is 0 Å². The van der Waals surface area contributed by atoms with Crippen molar-refractivity contribution in [2.45, 2.75) is 12.5 Å². The minimum atomic E-state index is 0.0204. The van der Waals surface area contributed by atoms with Crippen LogP contribution >= 0.6 is 0 Å². The second-order valence-corrected chi connectivity index (χ2v) is 4.28. The summed E-state index contributed by atoms with van der Waals surface area (Å²) in [5.41, 5.74) is 7.80. The van der Waals surface area contributed by atoms with Crippen molar-refractivity contribution in [2.24, 2.45) is 5.73 Å². The van der Waals surface area contributed by atoms with Gasteiger partial charge in [-0.2, -0.15) is 5.26 Å². The van der Waals surface area contributed by atoms with Crippen molar-refractivity contribution in [2.75, 3.05) is 11.9 Å². The molecule has 1 aromatic carbocycles. The minimum Gasteiger partial charge on any atom is -0.370 e. The number of nitriles is 1. The molecule has 1 aromatic heterocycles. The summed E-state index contributed by atoms with van der Waals surface area (Å²) in [4.78, 5) is 4.14. The Kier molecular flexibility index (Phi) is 4.49. The van der Waals surface area contributed by atoms with Gasteiger partial charge in [-0.25, -0.2) is 4.98 Å². The monoisotopic (exact) mass is 252 g/mol. The molecule has 2 aromatic rings. The standard InChI is InChI=1S/C15H16N4/c16-10-12-6-7-15(19-11-12)18-9-8-14(17)13-4-2-1-3-5-13/h1-7,11,14H,8-9,17H2,(H,18,19). The first kappa shape index (κ1) is 13.1. The summed E-state index contributed by atoms with van der Waals surface area (Å²) in [6.07, 6.45) is 2.38. The maximum atomic E-state index is 8.68. The van der Waals surface area contributed by atoms with Crippen LogP contribution in [0.25, 0.3) is 0 Å². The summed E-state index contributed by atoms with van der Waals surface area (Å²) in [5, 5.41) is 11.9. The first-order valence-corrected chi connectivity index (χ1v) is 6.20. The Morgan fingerprint density at radius 3 is 2.63 bits per heavy atom. The lowest BCUT2D eigenvalue weighted by Crippen LogP contribution is -2.15. The average molecular weight is 252 g/mol. The number of rotatable bonds is 5. The lowest BCUT2D eigenvalue weighted by Gasteiger charge is -2.12. The van der Waals surface area contributed by atoms with Gasteiger partial charge in [0.2, 0.25) is 0 Å². The van der Waals surface area contributed by atoms with Crippen molar-refractivity contribution in [1.29, 1.82) is 5.26 Å². The first-order valence-electron chi connectivity index (χ1n) is 6.20. The Hall–Kier alpha value is -2.38. The zero-order chi connectivity index (χ0) is 13.5. The highest BCUT2D eigenvalue weighted by atomic mass is 15.0. The molecule has 0 spiro atoms. The molecule has 1 atom stereocenters. The van der Waals surface area contributed by atoms with E-state index in [0.29, 0.717) is 5.56 Å². The van der Waals surface area contributed by atoms with Crippen LogP contribution in [-0.4, -0.2) is 11.5 Å². The quantitative estimate of drug-likeness (QED) is 0.857. The van der Waals surface area contributed by atoms with Crippen molar-refractivity contribution in [1.82, 2.24) is 4.98 Å². The molecule has 19 heavy (non-hydrogen) atoms. The highest BCUT2D eigenvalue weighted by molar-refractivity contribution is 5.38. The molecular weight excluding hydrogens is 236 g/mol. The first-order chi connectivity index (χ1) is 9.29. The second-order valence-electron chi connectivity index (χ2n) is 4.28. The van der Waals surface area contributed by atoms with E-state index in [4.69, 9.17) is 11.0 Å². The lowest BCUT2D eigenvalue weighted by molar-refractivity contribution is 0.674. The summed E-state index contributed by atoms with van der Waals surface area (Å²) in [6.45, 7) is 0.745. The molecular formula is C15H16N4. The minimum absolute atomic E-state index is 0.0204. The van der Waals surface area contributed by atoms with Crippen molar-refractivity contribution in [3.05, 3.63) is 59.8 Å². The van der Waals surface area contributed by atoms with Gasteiger partial charge < -0.3 is 11.1 Å². The number of anilines is 1. The molecule has 4 nitrogen and oxygen atoms in total. The van der Waals surface area contributed by atoms with Crippen molar-refractivity contribution >= 4 is 5.82 Å². The Morgan fingerprint density at radius 2 is 2.00 bits per heavy atom. The number of nitrogens with one attached hydrogen (secondary N) is 1. The highest BCUT2D eigenvalue weighted by Gasteiger charge is 2.04. The fourth-order valence-corrected chi connectivity index (χ4v) is 1.79. The van der Waals surface area contributed by atoms with Crippen LogP contribution in [0, 0.1) is 11.3 Å². The summed E-state index contributed by atoms with van der Waals surface area (Å²) in [6, 6.07) is 15.6. The van der Waals surface area contributed by atoms with Gasteiger partial charge in [-0.15, -0.1) is 0 Å². The molecule has 0 aliphatic carbocycles. The van der Waals surface area contributed by atoms with E-state index in [-0.39, 0.29) is 6.04 Å². The maximum Gasteiger partial charge on any atom is 0.125 e. The van der Waals surface area contributed by atoms with Crippen LogP contribution in [0.5, 0.6) is 0 Å². The maximum absolute atomic E-state index is 8.68. The van der Waals surface area contributed by atoms with Crippen LogP contribution in [-0.2, 0) is 0 Å². The fraction of sp³-hybridized carbons (Fsp3) is 0.200. The van der Waals surface area contributed by atoms with Gasteiger partial charge >= 0.3 is 0 Å². The predicted molar refractivity (Wildman–Crippen MR) is 75.4 cm³/mol. The zero-order valence-corrected chi connectivity index (χ0v) is 10.6. The van der Waals surface area contributed by atoms with Gasteiger partial charge in [-0.3, -0.25) is 0 Å². The zero-order valence-electron chi connectivity index (χ0n) is 10.6. The number of hydrogen-bond donors (Lipinski definition) is 2. The van der Waals surface area contributed by atoms with Crippen molar-refractivity contribution in [3.8, 4) is 6.07 Å². The number of pyridine rings is 1. The average Bonchev–Trinajstić information content (AvgIpc) is 2.49. The summed E-state index contributed by atoms with van der Waals surface area (Å²) in [5.74, 6) is 0.763. The number of nitrogens with zero attached hydrogens (tertiary/aromatic N) is 2. The second kappa shape index (κ2) is 6.53. The molecule has 1 heterocycles. The van der Waals surface area contributed by atoms with Gasteiger partial charge in [0, 0.05) is 18.8 Å². The van der Waals surface area contributed by atoms with Crippen LogP contribution in [0.3, 0.4) is 0 Å². The molecule has 2 rings (SSSR count). The smallest absolute Gasteiger partial charge is 0.125 e. The summed E-state index contributed by atoms with van der Waals surface area (Å²) >= 11 is 0. The van der Waals surface area contributed by atoms with E-state index in [2.05, 4.69) is 10.3 Å². The third kappa shape index (κ3) is 3.80. The van der Waals surface area contributed by atoms with E-state index in [1.165, 1.54) is 0 Å². The van der Waals surface area contributed by atoms with E-state index < -0.39 is 0 Å². The Balaban J connectivity index is 1.81. The molecule has 4 heteroatoms. The number of aromatic nitrogens is 1.